The van der Waals surface area contributed by atoms with Crippen LogP contribution in [-0.2, 0) is 6.54 Å². The average Bonchev–Trinajstić information content (AvgIpc) is 2.23. The van der Waals surface area contributed by atoms with E-state index in [4.69, 9.17) is 11.6 Å². The molecule has 0 saturated carbocycles. The molecule has 0 aromatic heterocycles. The van der Waals surface area contributed by atoms with Crippen LogP contribution >= 0.6 is 11.6 Å². The van der Waals surface area contributed by atoms with Crippen molar-refractivity contribution in [3.63, 3.8) is 0 Å². The van der Waals surface area contributed by atoms with Crippen LogP contribution in [0.1, 0.15) is 12.5 Å². The molecule has 0 fully saturated rings. The van der Waals surface area contributed by atoms with Crippen molar-refractivity contribution in [1.82, 2.24) is 10.2 Å². The van der Waals surface area contributed by atoms with Gasteiger partial charge in [0, 0.05) is 23.7 Å². The largest absolute Gasteiger partial charge is 0.319 e. The smallest absolute Gasteiger partial charge is 0.127 e. The molecule has 0 aliphatic carbocycles. The fourth-order valence-electron chi connectivity index (χ4n) is 1.96. The molecule has 1 atom stereocenters. The Kier molecular flexibility index (Phi) is 5.89. The third-order valence-corrected chi connectivity index (χ3v) is 2.86. The van der Waals surface area contributed by atoms with E-state index in [1.165, 1.54) is 6.07 Å². The minimum atomic E-state index is -0.192. The Labute approximate surface area is 108 Å². The lowest BCUT2D eigenvalue weighted by Crippen LogP contribution is -2.29. The second kappa shape index (κ2) is 6.94. The zero-order valence-corrected chi connectivity index (χ0v) is 11.4. The van der Waals surface area contributed by atoms with E-state index in [-0.39, 0.29) is 5.82 Å². The number of rotatable bonds is 6. The van der Waals surface area contributed by atoms with E-state index in [1.807, 2.05) is 14.1 Å². The van der Waals surface area contributed by atoms with Gasteiger partial charge < -0.3 is 10.2 Å². The molecule has 0 saturated heterocycles. The lowest BCUT2D eigenvalue weighted by Gasteiger charge is -2.21. The van der Waals surface area contributed by atoms with Crippen molar-refractivity contribution in [2.75, 3.05) is 27.2 Å². The van der Waals surface area contributed by atoms with Crippen molar-refractivity contribution in [3.05, 3.63) is 34.6 Å². The molecule has 96 valence electrons. The Morgan fingerprint density at radius 2 is 2.18 bits per heavy atom. The zero-order chi connectivity index (χ0) is 12.8. The topological polar surface area (TPSA) is 15.3 Å². The second-order valence-corrected chi connectivity index (χ2v) is 5.03. The zero-order valence-electron chi connectivity index (χ0n) is 10.6. The molecule has 0 aliphatic rings. The van der Waals surface area contributed by atoms with Gasteiger partial charge in [0.25, 0.3) is 0 Å². The van der Waals surface area contributed by atoms with Crippen molar-refractivity contribution in [1.29, 1.82) is 0 Å². The lowest BCUT2D eigenvalue weighted by molar-refractivity contribution is 0.273. The molecular formula is C13H20ClFN2. The fraction of sp³-hybridized carbons (Fsp3) is 0.538. The van der Waals surface area contributed by atoms with Crippen molar-refractivity contribution >= 4 is 11.6 Å². The van der Waals surface area contributed by atoms with Crippen molar-refractivity contribution in [3.8, 4) is 0 Å². The lowest BCUT2D eigenvalue weighted by atomic mass is 10.1. The number of hydrogen-bond acceptors (Lipinski definition) is 2. The first-order valence-electron chi connectivity index (χ1n) is 5.80. The quantitative estimate of drug-likeness (QED) is 0.844. The van der Waals surface area contributed by atoms with Crippen LogP contribution in [0.4, 0.5) is 4.39 Å². The molecule has 0 bridgehead atoms. The van der Waals surface area contributed by atoms with E-state index < -0.39 is 0 Å². The Bertz CT molecular complexity index is 357. The van der Waals surface area contributed by atoms with E-state index in [0.29, 0.717) is 23.0 Å². The summed E-state index contributed by atoms with van der Waals surface area (Å²) in [5.74, 6) is 0.342. The van der Waals surface area contributed by atoms with Crippen LogP contribution in [0.15, 0.2) is 18.2 Å². The Hall–Kier alpha value is -0.640. The summed E-state index contributed by atoms with van der Waals surface area (Å²) in [6.07, 6.45) is 0. The highest BCUT2D eigenvalue weighted by Crippen LogP contribution is 2.16. The van der Waals surface area contributed by atoms with Gasteiger partial charge in [-0.3, -0.25) is 0 Å². The molecule has 2 nitrogen and oxygen atoms in total. The van der Waals surface area contributed by atoms with Crippen LogP contribution in [0, 0.1) is 11.7 Å². The van der Waals surface area contributed by atoms with Crippen LogP contribution in [-0.4, -0.2) is 32.1 Å². The summed E-state index contributed by atoms with van der Waals surface area (Å²) in [4.78, 5) is 2.11. The summed E-state index contributed by atoms with van der Waals surface area (Å²) in [6.45, 7) is 4.64. The Balaban J connectivity index is 2.55. The van der Waals surface area contributed by atoms with Crippen LogP contribution in [0.25, 0.3) is 0 Å². The SMILES string of the molecule is CNCC(C)CN(C)Cc1cc(Cl)ccc1F. The minimum absolute atomic E-state index is 0.192. The van der Waals surface area contributed by atoms with Gasteiger partial charge in [-0.25, -0.2) is 4.39 Å². The van der Waals surface area contributed by atoms with E-state index in [0.717, 1.165) is 13.1 Å². The maximum absolute atomic E-state index is 13.5. The highest BCUT2D eigenvalue weighted by Gasteiger charge is 2.09. The van der Waals surface area contributed by atoms with E-state index in [1.54, 1.807) is 12.1 Å². The van der Waals surface area contributed by atoms with Crippen molar-refractivity contribution in [2.45, 2.75) is 13.5 Å². The minimum Gasteiger partial charge on any atom is -0.319 e. The first kappa shape index (κ1) is 14.4. The van der Waals surface area contributed by atoms with Gasteiger partial charge >= 0.3 is 0 Å². The summed E-state index contributed by atoms with van der Waals surface area (Å²) >= 11 is 5.86. The molecule has 1 aromatic rings. The first-order chi connectivity index (χ1) is 8.02. The summed E-state index contributed by atoms with van der Waals surface area (Å²) in [7, 11) is 3.93. The molecule has 1 rings (SSSR count). The summed E-state index contributed by atoms with van der Waals surface area (Å²) in [5.41, 5.74) is 0.650. The molecule has 0 aliphatic heterocycles. The van der Waals surface area contributed by atoms with Gasteiger partial charge in [-0.1, -0.05) is 18.5 Å². The van der Waals surface area contributed by atoms with Crippen LogP contribution in [0.5, 0.6) is 0 Å². The molecule has 0 spiro atoms. The molecular weight excluding hydrogens is 239 g/mol. The monoisotopic (exact) mass is 258 g/mol. The van der Waals surface area contributed by atoms with Gasteiger partial charge in [0.1, 0.15) is 5.82 Å². The van der Waals surface area contributed by atoms with E-state index in [2.05, 4.69) is 17.1 Å². The number of nitrogens with one attached hydrogen (secondary N) is 1. The predicted molar refractivity (Wildman–Crippen MR) is 70.8 cm³/mol. The van der Waals surface area contributed by atoms with Crippen LogP contribution in [0.3, 0.4) is 0 Å². The van der Waals surface area contributed by atoms with Gasteiger partial charge in [-0.15, -0.1) is 0 Å². The van der Waals surface area contributed by atoms with Crippen molar-refractivity contribution in [2.24, 2.45) is 5.92 Å². The highest BCUT2D eigenvalue weighted by molar-refractivity contribution is 6.30. The normalized spacial score (nSPS) is 13.1. The Morgan fingerprint density at radius 3 is 2.82 bits per heavy atom. The number of halogens is 2. The highest BCUT2D eigenvalue weighted by atomic mass is 35.5. The molecule has 0 radical (unpaired) electrons. The van der Waals surface area contributed by atoms with Gasteiger partial charge in [0.2, 0.25) is 0 Å². The van der Waals surface area contributed by atoms with E-state index >= 15 is 0 Å². The molecule has 0 heterocycles. The second-order valence-electron chi connectivity index (χ2n) is 4.60. The summed E-state index contributed by atoms with van der Waals surface area (Å²) < 4.78 is 13.5. The van der Waals surface area contributed by atoms with Crippen LogP contribution in [0.2, 0.25) is 5.02 Å². The van der Waals surface area contributed by atoms with Crippen LogP contribution < -0.4 is 5.32 Å². The van der Waals surface area contributed by atoms with Gasteiger partial charge in [0.05, 0.1) is 0 Å². The molecule has 4 heteroatoms. The maximum atomic E-state index is 13.5. The number of hydrogen-bond donors (Lipinski definition) is 1. The third-order valence-electron chi connectivity index (χ3n) is 2.62. The summed E-state index contributed by atoms with van der Waals surface area (Å²) in [6, 6.07) is 4.68. The molecule has 0 amide bonds. The maximum Gasteiger partial charge on any atom is 0.127 e. The third kappa shape index (κ3) is 5.02. The number of nitrogens with zero attached hydrogens (tertiary/aromatic N) is 1. The molecule has 1 aromatic carbocycles. The number of benzene rings is 1. The molecule has 17 heavy (non-hydrogen) atoms. The van der Waals surface area contributed by atoms with Crippen molar-refractivity contribution < 1.29 is 4.39 Å². The van der Waals surface area contributed by atoms with Gasteiger partial charge in [-0.2, -0.15) is 0 Å². The Morgan fingerprint density at radius 1 is 1.47 bits per heavy atom. The van der Waals surface area contributed by atoms with Gasteiger partial charge in [-0.05, 0) is 44.8 Å². The standard InChI is InChI=1S/C13H20ClFN2/c1-10(7-16-2)8-17(3)9-11-6-12(14)4-5-13(11)15/h4-6,10,16H,7-9H2,1-3H3. The van der Waals surface area contributed by atoms with Gasteiger partial charge in [0.15, 0.2) is 0 Å². The molecule has 1 unspecified atom stereocenters. The average molecular weight is 259 g/mol. The first-order valence-corrected chi connectivity index (χ1v) is 6.17. The fourth-order valence-corrected chi connectivity index (χ4v) is 2.16. The molecule has 1 N–H and O–H groups in total. The van der Waals surface area contributed by atoms with E-state index in [9.17, 15) is 4.39 Å². The summed E-state index contributed by atoms with van der Waals surface area (Å²) in [5, 5.41) is 3.72. The predicted octanol–water partition coefficient (Wildman–Crippen LogP) is 2.77.